The molecule has 0 bridgehead atoms. The second-order valence-corrected chi connectivity index (χ2v) is 6.39. The second kappa shape index (κ2) is 5.58. The Morgan fingerprint density at radius 2 is 1.87 bits per heavy atom. The van der Waals surface area contributed by atoms with Crippen LogP contribution < -0.4 is 4.90 Å². The van der Waals surface area contributed by atoms with Gasteiger partial charge in [0, 0.05) is 49.6 Å². The fourth-order valence-corrected chi connectivity index (χ4v) is 3.52. The highest BCUT2D eigenvalue weighted by molar-refractivity contribution is 7.15. The Hall–Kier alpha value is -2.54. The summed E-state index contributed by atoms with van der Waals surface area (Å²) in [5, 5.41) is 11.3. The monoisotopic (exact) mass is 328 g/mol. The fraction of sp³-hybridized carbons (Fsp3) is 0.250. The van der Waals surface area contributed by atoms with Gasteiger partial charge < -0.3 is 14.9 Å². The van der Waals surface area contributed by atoms with Crippen molar-refractivity contribution in [3.63, 3.8) is 0 Å². The summed E-state index contributed by atoms with van der Waals surface area (Å²) in [5.41, 5.74) is 1.58. The van der Waals surface area contributed by atoms with Crippen molar-refractivity contribution in [1.29, 1.82) is 0 Å². The number of amides is 1. The van der Waals surface area contributed by atoms with Crippen LogP contribution in [0.4, 0.5) is 5.69 Å². The van der Waals surface area contributed by atoms with Crippen LogP contribution in [0.25, 0.3) is 4.96 Å². The van der Waals surface area contributed by atoms with Gasteiger partial charge in [0.25, 0.3) is 5.91 Å². The molecule has 0 spiro atoms. The summed E-state index contributed by atoms with van der Waals surface area (Å²) in [4.78, 5) is 21.9. The molecule has 4 rings (SSSR count). The highest BCUT2D eigenvalue weighted by atomic mass is 32.1. The van der Waals surface area contributed by atoms with E-state index >= 15 is 0 Å². The summed E-state index contributed by atoms with van der Waals surface area (Å²) in [6.45, 7) is 2.90. The lowest BCUT2D eigenvalue weighted by atomic mass is 10.2. The van der Waals surface area contributed by atoms with Crippen molar-refractivity contribution < 1.29 is 9.90 Å². The first-order valence-corrected chi connectivity index (χ1v) is 8.34. The molecule has 0 atom stereocenters. The largest absolute Gasteiger partial charge is 0.508 e. The number of nitrogens with zero attached hydrogens (tertiary/aromatic N) is 4. The first kappa shape index (κ1) is 14.1. The number of carbonyl (C=O) groups excluding carboxylic acids is 1. The Labute approximate surface area is 137 Å². The number of phenolic OH excluding ortho intramolecular Hbond substituents is 1. The van der Waals surface area contributed by atoms with Crippen LogP contribution in [0.5, 0.6) is 5.75 Å². The molecule has 118 valence electrons. The van der Waals surface area contributed by atoms with Gasteiger partial charge in [-0.05, 0) is 24.3 Å². The zero-order chi connectivity index (χ0) is 15.8. The molecule has 6 nitrogen and oxygen atoms in total. The van der Waals surface area contributed by atoms with Crippen LogP contribution in [0.2, 0.25) is 0 Å². The number of benzene rings is 1. The van der Waals surface area contributed by atoms with Crippen LogP contribution in [0, 0.1) is 0 Å². The minimum absolute atomic E-state index is 0.00810. The van der Waals surface area contributed by atoms with Crippen molar-refractivity contribution in [2.75, 3.05) is 31.1 Å². The molecule has 1 N–H and O–H groups in total. The maximum absolute atomic E-state index is 12.6. The van der Waals surface area contributed by atoms with Crippen molar-refractivity contribution in [3.05, 3.63) is 47.7 Å². The van der Waals surface area contributed by atoms with E-state index in [0.29, 0.717) is 18.8 Å². The average molecular weight is 328 g/mol. The van der Waals surface area contributed by atoms with E-state index in [1.165, 1.54) is 11.3 Å². The summed E-state index contributed by atoms with van der Waals surface area (Å²) in [5.74, 6) is 0.258. The number of phenols is 1. The molecule has 3 aromatic rings. The molecule has 7 heteroatoms. The highest BCUT2D eigenvalue weighted by Gasteiger charge is 2.24. The number of anilines is 1. The van der Waals surface area contributed by atoms with Gasteiger partial charge in [0.15, 0.2) is 4.96 Å². The first-order chi connectivity index (χ1) is 11.2. The number of aromatic hydroxyl groups is 1. The van der Waals surface area contributed by atoms with Gasteiger partial charge in [0.2, 0.25) is 0 Å². The van der Waals surface area contributed by atoms with E-state index in [0.717, 1.165) is 23.7 Å². The molecule has 2 aromatic heterocycles. The molecule has 1 fully saturated rings. The van der Waals surface area contributed by atoms with Gasteiger partial charge in [-0.1, -0.05) is 0 Å². The lowest BCUT2D eigenvalue weighted by molar-refractivity contribution is 0.0741. The summed E-state index contributed by atoms with van der Waals surface area (Å²) < 4.78 is 1.88. The molecule has 1 saturated heterocycles. The summed E-state index contributed by atoms with van der Waals surface area (Å²) in [6.07, 6.45) is 3.70. The maximum Gasteiger partial charge on any atom is 0.274 e. The van der Waals surface area contributed by atoms with Gasteiger partial charge in [-0.25, -0.2) is 4.98 Å². The third-order valence-electron chi connectivity index (χ3n) is 4.09. The van der Waals surface area contributed by atoms with Crippen LogP contribution >= 0.6 is 11.3 Å². The quantitative estimate of drug-likeness (QED) is 0.782. The van der Waals surface area contributed by atoms with E-state index in [1.807, 2.05) is 33.0 Å². The van der Waals surface area contributed by atoms with E-state index in [1.54, 1.807) is 18.3 Å². The van der Waals surface area contributed by atoms with Crippen LogP contribution in [0.3, 0.4) is 0 Å². The number of thiazole rings is 1. The van der Waals surface area contributed by atoms with Crippen LogP contribution in [-0.4, -0.2) is 51.5 Å². The lowest BCUT2D eigenvalue weighted by Crippen LogP contribution is -2.48. The van der Waals surface area contributed by atoms with Gasteiger partial charge in [-0.3, -0.25) is 9.20 Å². The first-order valence-electron chi connectivity index (χ1n) is 7.46. The summed E-state index contributed by atoms with van der Waals surface area (Å²) in [7, 11) is 0. The molecule has 23 heavy (non-hydrogen) atoms. The lowest BCUT2D eigenvalue weighted by Gasteiger charge is -2.35. The van der Waals surface area contributed by atoms with Gasteiger partial charge >= 0.3 is 0 Å². The van der Waals surface area contributed by atoms with E-state index in [2.05, 4.69) is 9.88 Å². The molecular formula is C16H16N4O2S. The van der Waals surface area contributed by atoms with Gasteiger partial charge in [0.1, 0.15) is 11.4 Å². The molecule has 0 unspecified atom stereocenters. The predicted octanol–water partition coefficient (Wildman–Crippen LogP) is 2.06. The number of hydrogen-bond acceptors (Lipinski definition) is 5. The molecule has 0 saturated carbocycles. The number of fused-ring (bicyclic) bond motifs is 1. The normalized spacial score (nSPS) is 15.3. The predicted molar refractivity (Wildman–Crippen MR) is 89.3 cm³/mol. The van der Waals surface area contributed by atoms with Crippen molar-refractivity contribution in [1.82, 2.24) is 14.3 Å². The highest BCUT2D eigenvalue weighted by Crippen LogP contribution is 2.20. The Morgan fingerprint density at radius 1 is 1.13 bits per heavy atom. The van der Waals surface area contributed by atoms with Gasteiger partial charge in [-0.15, -0.1) is 11.3 Å². The minimum atomic E-state index is -0.00810. The number of rotatable bonds is 2. The zero-order valence-corrected chi connectivity index (χ0v) is 13.2. The van der Waals surface area contributed by atoms with Gasteiger partial charge in [-0.2, -0.15) is 0 Å². The smallest absolute Gasteiger partial charge is 0.274 e. The SMILES string of the molecule is O=C(c1cn2ccsc2n1)N1CCN(c2ccc(O)cc2)CC1. The van der Waals surface area contributed by atoms with E-state index < -0.39 is 0 Å². The average Bonchev–Trinajstić information content (AvgIpc) is 3.17. The molecular weight excluding hydrogens is 312 g/mol. The van der Waals surface area contributed by atoms with E-state index in [9.17, 15) is 9.90 Å². The molecule has 1 aliphatic rings. The Kier molecular flexibility index (Phi) is 3.42. The molecule has 1 aliphatic heterocycles. The van der Waals surface area contributed by atoms with E-state index in [4.69, 9.17) is 0 Å². The molecule has 0 aliphatic carbocycles. The van der Waals surface area contributed by atoms with Crippen LogP contribution in [0.1, 0.15) is 10.5 Å². The van der Waals surface area contributed by atoms with Crippen molar-refractivity contribution >= 4 is 27.9 Å². The van der Waals surface area contributed by atoms with E-state index in [-0.39, 0.29) is 11.7 Å². The maximum atomic E-state index is 12.6. The number of hydrogen-bond donors (Lipinski definition) is 1. The Balaban J connectivity index is 1.43. The number of imidazole rings is 1. The third kappa shape index (κ3) is 2.63. The number of carbonyl (C=O) groups is 1. The molecule has 1 aromatic carbocycles. The minimum Gasteiger partial charge on any atom is -0.508 e. The molecule has 1 amide bonds. The summed E-state index contributed by atoms with van der Waals surface area (Å²) >= 11 is 1.52. The van der Waals surface area contributed by atoms with Crippen molar-refractivity contribution in [3.8, 4) is 5.75 Å². The Bertz CT molecular complexity index is 803. The van der Waals surface area contributed by atoms with Crippen molar-refractivity contribution in [2.45, 2.75) is 0 Å². The number of piperazine rings is 1. The van der Waals surface area contributed by atoms with Gasteiger partial charge in [0.05, 0.1) is 0 Å². The summed E-state index contributed by atoms with van der Waals surface area (Å²) in [6, 6.07) is 7.17. The fourth-order valence-electron chi connectivity index (χ4n) is 2.82. The third-order valence-corrected chi connectivity index (χ3v) is 4.86. The second-order valence-electron chi connectivity index (χ2n) is 5.51. The number of aromatic nitrogens is 2. The van der Waals surface area contributed by atoms with Crippen LogP contribution in [-0.2, 0) is 0 Å². The topological polar surface area (TPSA) is 61.1 Å². The molecule has 0 radical (unpaired) electrons. The van der Waals surface area contributed by atoms with Crippen molar-refractivity contribution in [2.24, 2.45) is 0 Å². The standard InChI is InChI=1S/C16H16N4O2S/c21-13-3-1-12(2-4-13)18-5-7-19(8-6-18)15(22)14-11-20-9-10-23-16(20)17-14/h1-4,9-11,21H,5-8H2. The zero-order valence-electron chi connectivity index (χ0n) is 12.4. The molecule has 3 heterocycles. The Morgan fingerprint density at radius 3 is 2.57 bits per heavy atom. The van der Waals surface area contributed by atoms with Crippen LogP contribution in [0.15, 0.2) is 42.0 Å².